The van der Waals surface area contributed by atoms with Crippen LogP contribution in [0.3, 0.4) is 0 Å². The van der Waals surface area contributed by atoms with E-state index in [4.69, 9.17) is 4.74 Å². The van der Waals surface area contributed by atoms with Gasteiger partial charge in [-0.1, -0.05) is 0 Å². The minimum absolute atomic E-state index is 0.181. The number of carbonyl (C=O) groups excluding carboxylic acids is 1. The van der Waals surface area contributed by atoms with Gasteiger partial charge in [-0.3, -0.25) is 0 Å². The monoisotopic (exact) mass is 260 g/mol. The van der Waals surface area contributed by atoms with Crippen LogP contribution in [-0.4, -0.2) is 34.9 Å². The third kappa shape index (κ3) is 5.08. The maximum atomic E-state index is 10.4. The average molecular weight is 258 g/mol. The molecule has 0 aliphatic carbocycles. The van der Waals surface area contributed by atoms with Crippen LogP contribution in [0.1, 0.15) is 27.2 Å². The van der Waals surface area contributed by atoms with Crippen molar-refractivity contribution < 1.29 is 9.53 Å². The summed E-state index contributed by atoms with van der Waals surface area (Å²) in [7, 11) is 0. The van der Waals surface area contributed by atoms with Crippen LogP contribution in [0.15, 0.2) is 0 Å². The van der Waals surface area contributed by atoms with Crippen LogP contribution in [0.4, 0.5) is 0 Å². The van der Waals surface area contributed by atoms with E-state index in [1.807, 2.05) is 0 Å². The molecule has 0 amide bonds. The molecule has 0 saturated carbocycles. The van der Waals surface area contributed by atoms with Crippen LogP contribution >= 0.6 is 0 Å². The third-order valence-electron chi connectivity index (χ3n) is 1.35. The Bertz CT molecular complexity index is 121. The number of ether oxygens (including phenoxy) is 1. The van der Waals surface area contributed by atoms with Crippen molar-refractivity contribution in [1.82, 2.24) is 0 Å². The Kier molecular flexibility index (Phi) is 4.31. The van der Waals surface area contributed by atoms with E-state index in [1.165, 1.54) is 6.92 Å². The first-order valence-electron chi connectivity index (χ1n) is 3.33. The van der Waals surface area contributed by atoms with Gasteiger partial charge >= 0.3 is 75.1 Å². The average Bonchev–Trinajstić information content (AvgIpc) is 1.85. The number of carbonyl (C=O) groups is 1. The quantitative estimate of drug-likeness (QED) is 0.558. The van der Waals surface area contributed by atoms with E-state index in [0.717, 1.165) is 6.42 Å². The molecule has 0 aromatic rings. The van der Waals surface area contributed by atoms with Gasteiger partial charge in [-0.05, 0) is 0 Å². The van der Waals surface area contributed by atoms with Crippen molar-refractivity contribution in [2.45, 2.75) is 30.7 Å². The summed E-state index contributed by atoms with van der Waals surface area (Å²) < 4.78 is 5.05. The minimum atomic E-state index is -0.185. The molecule has 0 rings (SSSR count). The predicted molar refractivity (Wildman–Crippen MR) is 42.4 cm³/mol. The molecule has 2 nitrogen and oxygen atoms in total. The normalized spacial score (nSPS) is 16.0. The molecule has 60 valence electrons. The van der Waals surface area contributed by atoms with E-state index in [1.54, 1.807) is 22.3 Å². The van der Waals surface area contributed by atoms with E-state index in [9.17, 15) is 4.79 Å². The van der Waals surface area contributed by atoms with Gasteiger partial charge in [-0.25, -0.2) is 0 Å². The maximum absolute atomic E-state index is 10.4. The van der Waals surface area contributed by atoms with Crippen LogP contribution < -0.4 is 0 Å². The molecule has 0 aromatic carbocycles. The molecule has 0 N–H and O–H groups in total. The molecular formula is C7H14O2Te. The summed E-state index contributed by atoms with van der Waals surface area (Å²) in [6, 6.07) is 0. The van der Waals surface area contributed by atoms with Gasteiger partial charge in [0.1, 0.15) is 0 Å². The van der Waals surface area contributed by atoms with Gasteiger partial charge in [0.2, 0.25) is 0 Å². The van der Waals surface area contributed by atoms with Gasteiger partial charge in [0.05, 0.1) is 0 Å². The summed E-state index contributed by atoms with van der Waals surface area (Å²) in [5.74, 6) is -0.185. The molecule has 10 heavy (non-hydrogen) atoms. The summed E-state index contributed by atoms with van der Waals surface area (Å²) in [6.45, 7) is 6.19. The zero-order valence-electron chi connectivity index (χ0n) is 6.68. The summed E-state index contributed by atoms with van der Waals surface area (Å²) in [5, 5.41) is 0. The molecule has 0 spiro atoms. The van der Waals surface area contributed by atoms with Gasteiger partial charge in [0.15, 0.2) is 0 Å². The van der Waals surface area contributed by atoms with Gasteiger partial charge in [-0.2, -0.15) is 0 Å². The van der Waals surface area contributed by atoms with Crippen molar-refractivity contribution >= 4 is 28.3 Å². The van der Waals surface area contributed by atoms with E-state index in [0.29, 0.717) is 6.61 Å². The van der Waals surface area contributed by atoms with Crippen LogP contribution in [0.2, 0.25) is 3.46 Å². The van der Waals surface area contributed by atoms with Crippen LogP contribution in [-0.2, 0) is 9.53 Å². The summed E-state index contributed by atoms with van der Waals surface area (Å²) >= 11 is 1.72. The van der Waals surface area contributed by atoms with Gasteiger partial charge in [0, 0.05) is 0 Å². The molecular weight excluding hydrogens is 244 g/mol. The molecule has 0 heterocycles. The van der Waals surface area contributed by atoms with Gasteiger partial charge in [-0.15, -0.1) is 0 Å². The molecule has 0 saturated heterocycles. The Labute approximate surface area is 75.2 Å². The second-order valence-electron chi connectivity index (χ2n) is 2.63. The number of hydrogen-bond acceptors (Lipinski definition) is 2. The number of esters is 1. The summed E-state index contributed by atoms with van der Waals surface area (Å²) in [4.78, 5) is 10.4. The Balaban J connectivity index is 3.56. The first kappa shape index (κ1) is 10.3. The van der Waals surface area contributed by atoms with E-state index >= 15 is 0 Å². The SMILES string of the molecule is CCC(C)([TeH])COC(C)=O. The molecule has 0 aliphatic heterocycles. The van der Waals surface area contributed by atoms with Crippen molar-refractivity contribution in [2.24, 2.45) is 0 Å². The fraction of sp³-hybridized carbons (Fsp3) is 0.857. The predicted octanol–water partition coefficient (Wildman–Crippen LogP) is 1.04. The second kappa shape index (κ2) is 4.20. The molecule has 1 atom stereocenters. The number of hydrogen-bond donors (Lipinski definition) is 0. The third-order valence-corrected chi connectivity index (χ3v) is 2.62. The fourth-order valence-corrected chi connectivity index (χ4v) is 0.543. The topological polar surface area (TPSA) is 26.3 Å². The van der Waals surface area contributed by atoms with Crippen molar-refractivity contribution in [2.75, 3.05) is 6.61 Å². The van der Waals surface area contributed by atoms with Crippen LogP contribution in [0, 0.1) is 0 Å². The van der Waals surface area contributed by atoms with E-state index in [-0.39, 0.29) is 9.43 Å². The molecule has 0 aliphatic rings. The number of rotatable bonds is 3. The second-order valence-corrected chi connectivity index (χ2v) is 5.71. The molecule has 0 fully saturated rings. The van der Waals surface area contributed by atoms with E-state index in [2.05, 4.69) is 13.8 Å². The molecule has 1 unspecified atom stereocenters. The summed E-state index contributed by atoms with van der Waals surface area (Å²) in [6.07, 6.45) is 1.05. The van der Waals surface area contributed by atoms with Crippen LogP contribution in [0.25, 0.3) is 0 Å². The Morgan fingerprint density at radius 3 is 2.50 bits per heavy atom. The Morgan fingerprint density at radius 2 is 2.20 bits per heavy atom. The van der Waals surface area contributed by atoms with Crippen LogP contribution in [0.5, 0.6) is 0 Å². The van der Waals surface area contributed by atoms with Crippen molar-refractivity contribution in [3.63, 3.8) is 0 Å². The first-order valence-corrected chi connectivity index (χ1v) is 4.61. The first-order chi connectivity index (χ1) is 4.48. The molecule has 0 bridgehead atoms. The zero-order valence-corrected chi connectivity index (χ0v) is 9.23. The van der Waals surface area contributed by atoms with Crippen molar-refractivity contribution in [3.05, 3.63) is 0 Å². The standard InChI is InChI=1S/C7H14O2Te/c1-4-7(3,10)5-9-6(2)8/h10H,4-5H2,1-3H3. The molecule has 3 heteroatoms. The van der Waals surface area contributed by atoms with E-state index < -0.39 is 0 Å². The summed E-state index contributed by atoms with van der Waals surface area (Å²) in [5.41, 5.74) is 0. The fourth-order valence-electron chi connectivity index (χ4n) is 0.359. The van der Waals surface area contributed by atoms with Gasteiger partial charge < -0.3 is 0 Å². The Hall–Kier alpha value is 0.260. The van der Waals surface area contributed by atoms with Crippen molar-refractivity contribution in [1.29, 1.82) is 0 Å². The molecule has 0 aromatic heterocycles. The molecule has 0 radical (unpaired) electrons. The zero-order chi connectivity index (χ0) is 8.20. The Morgan fingerprint density at radius 1 is 1.70 bits per heavy atom. The van der Waals surface area contributed by atoms with Gasteiger partial charge in [0.25, 0.3) is 0 Å². The van der Waals surface area contributed by atoms with Crippen molar-refractivity contribution in [3.8, 4) is 0 Å².